The number of ether oxygens (including phenoxy) is 1. The van der Waals surface area contributed by atoms with E-state index < -0.39 is 0 Å². The Morgan fingerprint density at radius 3 is 3.00 bits per heavy atom. The molecule has 1 unspecified atom stereocenters. The van der Waals surface area contributed by atoms with Crippen LogP contribution in [0.15, 0.2) is 18.3 Å². The van der Waals surface area contributed by atoms with Gasteiger partial charge in [0.05, 0.1) is 6.61 Å². The van der Waals surface area contributed by atoms with E-state index in [1.165, 1.54) is 0 Å². The minimum Gasteiger partial charge on any atom is -0.383 e. The minimum absolute atomic E-state index is 0.290. The number of hydrogen-bond donors (Lipinski definition) is 2. The highest BCUT2D eigenvalue weighted by molar-refractivity contribution is 5.38. The van der Waals surface area contributed by atoms with Crippen LogP contribution in [0.25, 0.3) is 0 Å². The van der Waals surface area contributed by atoms with Crippen molar-refractivity contribution in [3.05, 3.63) is 23.9 Å². The summed E-state index contributed by atoms with van der Waals surface area (Å²) in [6, 6.07) is 4.20. The molecule has 4 nitrogen and oxygen atoms in total. The van der Waals surface area contributed by atoms with Crippen LogP contribution in [0.1, 0.15) is 18.9 Å². The first-order valence-electron chi connectivity index (χ1n) is 5.72. The van der Waals surface area contributed by atoms with Gasteiger partial charge in [0, 0.05) is 18.8 Å². The van der Waals surface area contributed by atoms with E-state index in [-0.39, 0.29) is 6.04 Å². The molecule has 0 aliphatic rings. The molecule has 0 saturated carbocycles. The Labute approximate surface area is 97.2 Å². The van der Waals surface area contributed by atoms with Crippen LogP contribution >= 0.6 is 0 Å². The third-order valence-electron chi connectivity index (χ3n) is 2.47. The Morgan fingerprint density at radius 1 is 1.56 bits per heavy atom. The average molecular weight is 223 g/mol. The van der Waals surface area contributed by atoms with Crippen LogP contribution in [0.3, 0.4) is 0 Å². The summed E-state index contributed by atoms with van der Waals surface area (Å²) in [7, 11) is 1.94. The van der Waals surface area contributed by atoms with Crippen molar-refractivity contribution < 1.29 is 4.74 Å². The Bertz CT molecular complexity index is 304. The molecule has 0 saturated heterocycles. The molecule has 90 valence electrons. The molecular weight excluding hydrogens is 202 g/mol. The number of nitrogens with one attached hydrogen (secondary N) is 1. The molecule has 0 aromatic carbocycles. The van der Waals surface area contributed by atoms with Crippen molar-refractivity contribution in [2.24, 2.45) is 0 Å². The van der Waals surface area contributed by atoms with Gasteiger partial charge in [0.2, 0.25) is 0 Å². The second kappa shape index (κ2) is 7.19. The maximum Gasteiger partial charge on any atom is 0.126 e. The van der Waals surface area contributed by atoms with E-state index in [4.69, 9.17) is 10.5 Å². The number of hydrogen-bond acceptors (Lipinski definition) is 4. The SMILES string of the molecule is CCCOCC(Cc1cccnc1N)NC. The standard InChI is InChI=1S/C12H21N3O/c1-3-7-16-9-11(14-2)8-10-5-4-6-15-12(10)13/h4-6,11,14H,3,7-9H2,1-2H3,(H2,13,15). The Kier molecular flexibility index (Phi) is 5.82. The molecular formula is C12H21N3O. The van der Waals surface area contributed by atoms with Gasteiger partial charge in [-0.25, -0.2) is 4.98 Å². The summed E-state index contributed by atoms with van der Waals surface area (Å²) in [4.78, 5) is 4.07. The summed E-state index contributed by atoms with van der Waals surface area (Å²) < 4.78 is 5.52. The molecule has 16 heavy (non-hydrogen) atoms. The van der Waals surface area contributed by atoms with Gasteiger partial charge in [0.15, 0.2) is 0 Å². The van der Waals surface area contributed by atoms with E-state index in [0.717, 1.165) is 25.0 Å². The highest BCUT2D eigenvalue weighted by Gasteiger charge is 2.09. The summed E-state index contributed by atoms with van der Waals surface area (Å²) in [6.45, 7) is 3.62. The van der Waals surface area contributed by atoms with Gasteiger partial charge in [0.1, 0.15) is 5.82 Å². The molecule has 0 fully saturated rings. The molecule has 0 amide bonds. The van der Waals surface area contributed by atoms with Crippen molar-refractivity contribution in [3.8, 4) is 0 Å². The fraction of sp³-hybridized carbons (Fsp3) is 0.583. The molecule has 0 aliphatic heterocycles. The predicted molar refractivity (Wildman–Crippen MR) is 66.3 cm³/mol. The number of rotatable bonds is 7. The molecule has 0 aliphatic carbocycles. The number of likely N-dealkylation sites (N-methyl/N-ethyl adjacent to an activating group) is 1. The smallest absolute Gasteiger partial charge is 0.126 e. The van der Waals surface area contributed by atoms with Crippen LogP contribution in [0.5, 0.6) is 0 Å². The zero-order chi connectivity index (χ0) is 11.8. The molecule has 0 spiro atoms. The lowest BCUT2D eigenvalue weighted by molar-refractivity contribution is 0.114. The quantitative estimate of drug-likeness (QED) is 0.682. The van der Waals surface area contributed by atoms with E-state index in [9.17, 15) is 0 Å². The number of nitrogens with zero attached hydrogens (tertiary/aromatic N) is 1. The van der Waals surface area contributed by atoms with Crippen molar-refractivity contribution in [3.63, 3.8) is 0 Å². The van der Waals surface area contributed by atoms with Crippen molar-refractivity contribution in [1.82, 2.24) is 10.3 Å². The Morgan fingerprint density at radius 2 is 2.38 bits per heavy atom. The molecule has 1 aromatic heterocycles. The summed E-state index contributed by atoms with van der Waals surface area (Å²) in [5.41, 5.74) is 6.87. The lowest BCUT2D eigenvalue weighted by Crippen LogP contribution is -2.33. The van der Waals surface area contributed by atoms with Crippen LogP contribution < -0.4 is 11.1 Å². The molecule has 1 aromatic rings. The number of aromatic nitrogens is 1. The maximum absolute atomic E-state index is 5.80. The summed E-state index contributed by atoms with van der Waals surface area (Å²) in [6.07, 6.45) is 3.60. The zero-order valence-electron chi connectivity index (χ0n) is 10.1. The number of nitrogen functional groups attached to an aromatic ring is 1. The Balaban J connectivity index is 2.46. The van der Waals surface area contributed by atoms with Gasteiger partial charge in [-0.3, -0.25) is 0 Å². The van der Waals surface area contributed by atoms with Crippen LogP contribution in [-0.2, 0) is 11.2 Å². The fourth-order valence-corrected chi connectivity index (χ4v) is 1.50. The number of anilines is 1. The van der Waals surface area contributed by atoms with Crippen molar-refractivity contribution in [2.45, 2.75) is 25.8 Å². The number of pyridine rings is 1. The van der Waals surface area contributed by atoms with Gasteiger partial charge >= 0.3 is 0 Å². The van der Waals surface area contributed by atoms with Gasteiger partial charge in [-0.05, 0) is 31.5 Å². The van der Waals surface area contributed by atoms with Crippen molar-refractivity contribution in [1.29, 1.82) is 0 Å². The Hall–Kier alpha value is -1.13. The van der Waals surface area contributed by atoms with Gasteiger partial charge in [0.25, 0.3) is 0 Å². The fourth-order valence-electron chi connectivity index (χ4n) is 1.50. The highest BCUT2D eigenvalue weighted by Crippen LogP contribution is 2.09. The monoisotopic (exact) mass is 223 g/mol. The highest BCUT2D eigenvalue weighted by atomic mass is 16.5. The average Bonchev–Trinajstić information content (AvgIpc) is 2.30. The van der Waals surface area contributed by atoms with E-state index in [1.807, 2.05) is 19.2 Å². The zero-order valence-corrected chi connectivity index (χ0v) is 10.1. The lowest BCUT2D eigenvalue weighted by Gasteiger charge is -2.16. The van der Waals surface area contributed by atoms with Crippen LogP contribution in [0, 0.1) is 0 Å². The molecule has 1 atom stereocenters. The summed E-state index contributed by atoms with van der Waals surface area (Å²) in [5, 5.41) is 3.23. The first kappa shape index (κ1) is 12.9. The largest absolute Gasteiger partial charge is 0.383 e. The first-order valence-corrected chi connectivity index (χ1v) is 5.72. The third-order valence-corrected chi connectivity index (χ3v) is 2.47. The summed E-state index contributed by atoms with van der Waals surface area (Å²) in [5.74, 6) is 0.609. The molecule has 1 rings (SSSR count). The third kappa shape index (κ3) is 4.16. The molecule has 3 N–H and O–H groups in total. The molecule has 1 heterocycles. The summed E-state index contributed by atoms with van der Waals surface area (Å²) >= 11 is 0. The molecule has 4 heteroatoms. The van der Waals surface area contributed by atoms with E-state index in [2.05, 4.69) is 17.2 Å². The predicted octanol–water partition coefficient (Wildman–Crippen LogP) is 1.22. The van der Waals surface area contributed by atoms with Gasteiger partial charge in [-0.2, -0.15) is 0 Å². The maximum atomic E-state index is 5.80. The second-order valence-corrected chi connectivity index (χ2v) is 3.81. The molecule has 0 bridgehead atoms. The van der Waals surface area contributed by atoms with Crippen LogP contribution in [0.4, 0.5) is 5.82 Å². The van der Waals surface area contributed by atoms with Crippen molar-refractivity contribution >= 4 is 5.82 Å². The molecule has 0 radical (unpaired) electrons. The minimum atomic E-state index is 0.290. The van der Waals surface area contributed by atoms with E-state index in [1.54, 1.807) is 6.20 Å². The van der Waals surface area contributed by atoms with Gasteiger partial charge in [-0.15, -0.1) is 0 Å². The van der Waals surface area contributed by atoms with Crippen LogP contribution in [0.2, 0.25) is 0 Å². The van der Waals surface area contributed by atoms with E-state index in [0.29, 0.717) is 12.4 Å². The van der Waals surface area contributed by atoms with Crippen LogP contribution in [-0.4, -0.2) is 31.3 Å². The van der Waals surface area contributed by atoms with Gasteiger partial charge in [-0.1, -0.05) is 13.0 Å². The topological polar surface area (TPSA) is 60.2 Å². The van der Waals surface area contributed by atoms with E-state index >= 15 is 0 Å². The first-order chi connectivity index (χ1) is 7.77. The lowest BCUT2D eigenvalue weighted by atomic mass is 10.1. The van der Waals surface area contributed by atoms with Gasteiger partial charge < -0.3 is 15.8 Å². The normalized spacial score (nSPS) is 12.6. The van der Waals surface area contributed by atoms with Crippen molar-refractivity contribution in [2.75, 3.05) is 26.0 Å². The second-order valence-electron chi connectivity index (χ2n) is 3.81. The number of nitrogens with two attached hydrogens (primary N) is 1.